The maximum atomic E-state index is 5.62. The van der Waals surface area contributed by atoms with Crippen molar-refractivity contribution in [2.24, 2.45) is 0 Å². The lowest BCUT2D eigenvalue weighted by Crippen LogP contribution is -2.18. The van der Waals surface area contributed by atoms with E-state index in [1.54, 1.807) is 6.20 Å². The zero-order valence-electron chi connectivity index (χ0n) is 9.42. The van der Waals surface area contributed by atoms with Crippen LogP contribution in [0.3, 0.4) is 0 Å². The number of nitrogens with two attached hydrogens (primary N) is 1. The second-order valence-electron chi connectivity index (χ2n) is 3.82. The zero-order chi connectivity index (χ0) is 11.5. The van der Waals surface area contributed by atoms with Crippen LogP contribution < -0.4 is 5.73 Å². The molecule has 16 heavy (non-hydrogen) atoms. The molecule has 0 radical (unpaired) electrons. The fraction of sp³-hybridized carbons (Fsp3) is 0.400. The highest BCUT2D eigenvalue weighted by Crippen LogP contribution is 2.21. The molecule has 86 valence electrons. The minimum atomic E-state index is 0.581. The van der Waals surface area contributed by atoms with Gasteiger partial charge >= 0.3 is 0 Å². The molecule has 0 aromatic carbocycles. The molecule has 0 saturated carbocycles. The second-order valence-corrected chi connectivity index (χ2v) is 4.71. The first kappa shape index (κ1) is 11.1. The highest BCUT2D eigenvalue weighted by atomic mass is 32.1. The lowest BCUT2D eigenvalue weighted by atomic mass is 10.4. The number of anilines is 1. The van der Waals surface area contributed by atoms with E-state index in [1.807, 2.05) is 11.6 Å². The van der Waals surface area contributed by atoms with Gasteiger partial charge in [-0.2, -0.15) is 0 Å². The average Bonchev–Trinajstić information content (AvgIpc) is 2.82. The normalized spacial score (nSPS) is 11.2. The quantitative estimate of drug-likeness (QED) is 0.866. The summed E-state index contributed by atoms with van der Waals surface area (Å²) < 4.78 is 2.09. The summed E-state index contributed by atoms with van der Waals surface area (Å²) in [6.07, 6.45) is 3.76. The monoisotopic (exact) mass is 237 g/mol. The van der Waals surface area contributed by atoms with E-state index in [0.29, 0.717) is 5.13 Å². The standard InChI is InChI=1S/C10H15N5S/c1-14(2)5-6-15-4-3-12-9(15)8-7-16-10(11)13-8/h3-4,7H,5-6H2,1-2H3,(H2,11,13). The van der Waals surface area contributed by atoms with Crippen molar-refractivity contribution in [3.63, 3.8) is 0 Å². The molecule has 5 nitrogen and oxygen atoms in total. The Balaban J connectivity index is 2.19. The second kappa shape index (κ2) is 4.63. The van der Waals surface area contributed by atoms with E-state index in [1.165, 1.54) is 11.3 Å². The van der Waals surface area contributed by atoms with Gasteiger partial charge in [0.25, 0.3) is 0 Å². The summed E-state index contributed by atoms with van der Waals surface area (Å²) in [6, 6.07) is 0. The first-order valence-electron chi connectivity index (χ1n) is 5.04. The van der Waals surface area contributed by atoms with Gasteiger partial charge < -0.3 is 15.2 Å². The summed E-state index contributed by atoms with van der Waals surface area (Å²) in [5.41, 5.74) is 6.47. The molecule has 0 unspecified atom stereocenters. The van der Waals surface area contributed by atoms with Crippen LogP contribution in [-0.2, 0) is 6.54 Å². The summed E-state index contributed by atoms with van der Waals surface area (Å²) in [6.45, 7) is 1.88. The predicted octanol–water partition coefficient (Wildman–Crippen LogP) is 1.15. The Morgan fingerprint density at radius 2 is 2.31 bits per heavy atom. The van der Waals surface area contributed by atoms with Crippen molar-refractivity contribution >= 4 is 16.5 Å². The summed E-state index contributed by atoms with van der Waals surface area (Å²) >= 11 is 1.44. The van der Waals surface area contributed by atoms with Gasteiger partial charge in [0.2, 0.25) is 0 Å². The molecular weight excluding hydrogens is 222 g/mol. The van der Waals surface area contributed by atoms with Gasteiger partial charge in [-0.15, -0.1) is 11.3 Å². The summed E-state index contributed by atoms with van der Waals surface area (Å²) in [5.74, 6) is 0.884. The van der Waals surface area contributed by atoms with E-state index in [0.717, 1.165) is 24.6 Å². The van der Waals surface area contributed by atoms with Gasteiger partial charge in [0, 0.05) is 30.9 Å². The van der Waals surface area contributed by atoms with Crippen LogP contribution >= 0.6 is 11.3 Å². The molecular formula is C10H15N5S. The Morgan fingerprint density at radius 1 is 1.50 bits per heavy atom. The number of rotatable bonds is 4. The zero-order valence-corrected chi connectivity index (χ0v) is 10.2. The third kappa shape index (κ3) is 2.40. The van der Waals surface area contributed by atoms with Crippen LogP contribution in [0.15, 0.2) is 17.8 Å². The summed E-state index contributed by atoms with van der Waals surface area (Å²) in [5, 5.41) is 2.52. The van der Waals surface area contributed by atoms with E-state index in [-0.39, 0.29) is 0 Å². The molecule has 0 bridgehead atoms. The fourth-order valence-electron chi connectivity index (χ4n) is 1.42. The number of nitrogens with zero attached hydrogens (tertiary/aromatic N) is 4. The molecule has 0 saturated heterocycles. The number of nitrogen functional groups attached to an aromatic ring is 1. The molecule has 6 heteroatoms. The van der Waals surface area contributed by atoms with Crippen molar-refractivity contribution < 1.29 is 0 Å². The van der Waals surface area contributed by atoms with Gasteiger partial charge in [-0.05, 0) is 14.1 Å². The van der Waals surface area contributed by atoms with Gasteiger partial charge in [-0.3, -0.25) is 0 Å². The average molecular weight is 237 g/mol. The number of imidazole rings is 1. The SMILES string of the molecule is CN(C)CCn1ccnc1-c1csc(N)n1. The van der Waals surface area contributed by atoms with Crippen molar-refractivity contribution in [2.75, 3.05) is 26.4 Å². The Kier molecular flexibility index (Phi) is 3.21. The molecule has 2 N–H and O–H groups in total. The number of hydrogen-bond acceptors (Lipinski definition) is 5. The molecule has 0 aliphatic rings. The molecule has 0 atom stereocenters. The highest BCUT2D eigenvalue weighted by Gasteiger charge is 2.09. The molecule has 0 fully saturated rings. The van der Waals surface area contributed by atoms with Gasteiger partial charge in [0.1, 0.15) is 5.69 Å². The maximum absolute atomic E-state index is 5.62. The highest BCUT2D eigenvalue weighted by molar-refractivity contribution is 7.13. The molecule has 0 aliphatic carbocycles. The van der Waals surface area contributed by atoms with Crippen molar-refractivity contribution in [2.45, 2.75) is 6.54 Å². The summed E-state index contributed by atoms with van der Waals surface area (Å²) in [4.78, 5) is 10.7. The van der Waals surface area contributed by atoms with Gasteiger partial charge in [-0.25, -0.2) is 9.97 Å². The Morgan fingerprint density at radius 3 is 2.94 bits per heavy atom. The number of thiazole rings is 1. The van der Waals surface area contributed by atoms with Crippen LogP contribution in [0.2, 0.25) is 0 Å². The molecule has 0 spiro atoms. The van der Waals surface area contributed by atoms with E-state index in [2.05, 4.69) is 33.5 Å². The molecule has 0 aliphatic heterocycles. The molecule has 2 rings (SSSR count). The van der Waals surface area contributed by atoms with Crippen LogP contribution in [0.4, 0.5) is 5.13 Å². The fourth-order valence-corrected chi connectivity index (χ4v) is 1.96. The van der Waals surface area contributed by atoms with E-state index in [9.17, 15) is 0 Å². The minimum Gasteiger partial charge on any atom is -0.375 e. The smallest absolute Gasteiger partial charge is 0.180 e. The largest absolute Gasteiger partial charge is 0.375 e. The number of aromatic nitrogens is 3. The minimum absolute atomic E-state index is 0.581. The third-order valence-corrected chi connectivity index (χ3v) is 2.93. The van der Waals surface area contributed by atoms with Gasteiger partial charge in [-0.1, -0.05) is 0 Å². The van der Waals surface area contributed by atoms with E-state index in [4.69, 9.17) is 5.73 Å². The number of hydrogen-bond donors (Lipinski definition) is 1. The lowest BCUT2D eigenvalue weighted by molar-refractivity contribution is 0.385. The molecule has 2 heterocycles. The van der Waals surface area contributed by atoms with Crippen molar-refractivity contribution in [1.29, 1.82) is 0 Å². The van der Waals surface area contributed by atoms with Crippen LogP contribution in [0.25, 0.3) is 11.5 Å². The van der Waals surface area contributed by atoms with Crippen LogP contribution in [0, 0.1) is 0 Å². The van der Waals surface area contributed by atoms with Crippen LogP contribution in [0.5, 0.6) is 0 Å². The van der Waals surface area contributed by atoms with Crippen molar-refractivity contribution in [3.8, 4) is 11.5 Å². The first-order valence-corrected chi connectivity index (χ1v) is 5.92. The van der Waals surface area contributed by atoms with Crippen LogP contribution in [0.1, 0.15) is 0 Å². The maximum Gasteiger partial charge on any atom is 0.180 e. The lowest BCUT2D eigenvalue weighted by Gasteiger charge is -2.11. The van der Waals surface area contributed by atoms with Crippen LogP contribution in [-0.4, -0.2) is 40.1 Å². The molecule has 0 amide bonds. The van der Waals surface area contributed by atoms with E-state index < -0.39 is 0 Å². The van der Waals surface area contributed by atoms with Crippen molar-refractivity contribution in [3.05, 3.63) is 17.8 Å². The molecule has 2 aromatic rings. The van der Waals surface area contributed by atoms with E-state index >= 15 is 0 Å². The Labute approximate surface area is 98.5 Å². The number of likely N-dealkylation sites (N-methyl/N-ethyl adjacent to an activating group) is 1. The Hall–Kier alpha value is -1.40. The van der Waals surface area contributed by atoms with Gasteiger partial charge in [0.05, 0.1) is 0 Å². The predicted molar refractivity (Wildman–Crippen MR) is 66.3 cm³/mol. The summed E-state index contributed by atoms with van der Waals surface area (Å²) in [7, 11) is 4.11. The Bertz CT molecular complexity index is 459. The van der Waals surface area contributed by atoms with Gasteiger partial charge in [0.15, 0.2) is 11.0 Å². The first-order chi connectivity index (χ1) is 7.66. The topological polar surface area (TPSA) is 60.0 Å². The third-order valence-electron chi connectivity index (χ3n) is 2.25. The van der Waals surface area contributed by atoms with Crippen molar-refractivity contribution in [1.82, 2.24) is 19.4 Å². The molecule has 2 aromatic heterocycles.